The van der Waals surface area contributed by atoms with E-state index >= 15 is 0 Å². The summed E-state index contributed by atoms with van der Waals surface area (Å²) in [4.78, 5) is 26.6. The van der Waals surface area contributed by atoms with E-state index in [2.05, 4.69) is 21.1 Å². The van der Waals surface area contributed by atoms with Gasteiger partial charge in [0.15, 0.2) is 0 Å². The number of phenols is 2. The molecular formula is C26H28N4O4. The van der Waals surface area contributed by atoms with Crippen LogP contribution in [-0.4, -0.2) is 34.5 Å². The topological polar surface area (TPSA) is 123 Å². The molecule has 4 fully saturated rings. The molecule has 0 saturated heterocycles. The molecule has 8 heteroatoms. The summed E-state index contributed by atoms with van der Waals surface area (Å²) in [5.41, 5.74) is 5.79. The van der Waals surface area contributed by atoms with Crippen LogP contribution in [0.1, 0.15) is 49.7 Å². The quantitative estimate of drug-likeness (QED) is 0.390. The average Bonchev–Trinajstić information content (AvgIpc) is 2.80. The highest BCUT2D eigenvalue weighted by atomic mass is 16.3. The van der Waals surface area contributed by atoms with Crippen LogP contribution in [0.5, 0.6) is 11.5 Å². The van der Waals surface area contributed by atoms with Gasteiger partial charge in [-0.05, 0) is 110 Å². The molecule has 8 nitrogen and oxygen atoms in total. The molecule has 34 heavy (non-hydrogen) atoms. The number of phenolic OH excluding ortho intramolecular Hbond substituents is 2. The summed E-state index contributed by atoms with van der Waals surface area (Å²) in [7, 11) is 0. The standard InChI is InChI=1S/C26H28N4O4/c31-21-5-1-17(2-6-21)14-27-29-23(33)25-10-19-9-20(11-25)13-26(12-19,16-25)24(34)30-28-15-18-3-7-22(32)8-4-18/h1-8,14-15,19-20,31-32H,9-13,16H2,(H,29,33)(H,30,34)/b27-14+,28-15+. The first-order valence-electron chi connectivity index (χ1n) is 11.6. The van der Waals surface area contributed by atoms with Crippen LogP contribution in [0.25, 0.3) is 0 Å². The highest BCUT2D eigenvalue weighted by molar-refractivity contribution is 5.90. The lowest BCUT2D eigenvalue weighted by atomic mass is 9.43. The molecule has 2 aromatic carbocycles. The molecule has 4 bridgehead atoms. The Kier molecular flexibility index (Phi) is 5.59. The molecule has 176 valence electrons. The van der Waals surface area contributed by atoms with Crippen LogP contribution in [0.3, 0.4) is 0 Å². The molecule has 0 aliphatic heterocycles. The Morgan fingerprint density at radius 3 is 1.50 bits per heavy atom. The molecule has 0 heterocycles. The van der Waals surface area contributed by atoms with E-state index in [0.29, 0.717) is 18.3 Å². The van der Waals surface area contributed by atoms with Crippen molar-refractivity contribution in [2.45, 2.75) is 38.5 Å². The van der Waals surface area contributed by atoms with Crippen LogP contribution in [0.2, 0.25) is 0 Å². The van der Waals surface area contributed by atoms with Crippen molar-refractivity contribution in [2.75, 3.05) is 0 Å². The van der Waals surface area contributed by atoms with Gasteiger partial charge < -0.3 is 10.2 Å². The molecule has 4 saturated carbocycles. The lowest BCUT2D eigenvalue weighted by Gasteiger charge is -2.60. The van der Waals surface area contributed by atoms with Gasteiger partial charge in [0.25, 0.3) is 0 Å². The number of carbonyl (C=O) groups excluding carboxylic acids is 2. The molecule has 0 radical (unpaired) electrons. The van der Waals surface area contributed by atoms with Crippen LogP contribution in [0.4, 0.5) is 0 Å². The number of rotatable bonds is 6. The predicted molar refractivity (Wildman–Crippen MR) is 127 cm³/mol. The number of aromatic hydroxyl groups is 2. The van der Waals surface area contributed by atoms with Crippen molar-refractivity contribution in [3.8, 4) is 11.5 Å². The Morgan fingerprint density at radius 1 is 0.735 bits per heavy atom. The Balaban J connectivity index is 1.27. The highest BCUT2D eigenvalue weighted by Crippen LogP contribution is 2.65. The van der Waals surface area contributed by atoms with Gasteiger partial charge in [-0.1, -0.05) is 0 Å². The Morgan fingerprint density at radius 2 is 1.12 bits per heavy atom. The van der Waals surface area contributed by atoms with Crippen molar-refractivity contribution in [2.24, 2.45) is 32.9 Å². The Bertz CT molecular complexity index is 1040. The molecule has 2 aromatic rings. The monoisotopic (exact) mass is 460 g/mol. The number of nitrogens with one attached hydrogen (secondary N) is 2. The molecule has 0 spiro atoms. The molecule has 6 rings (SSSR count). The van der Waals surface area contributed by atoms with Crippen LogP contribution in [-0.2, 0) is 9.59 Å². The third kappa shape index (κ3) is 4.27. The molecular weight excluding hydrogens is 432 g/mol. The summed E-state index contributed by atoms with van der Waals surface area (Å²) < 4.78 is 0. The number of amides is 2. The maximum atomic E-state index is 13.3. The van der Waals surface area contributed by atoms with Gasteiger partial charge in [-0.15, -0.1) is 0 Å². The van der Waals surface area contributed by atoms with Gasteiger partial charge >= 0.3 is 0 Å². The van der Waals surface area contributed by atoms with Crippen molar-refractivity contribution < 1.29 is 19.8 Å². The number of hydrogen-bond acceptors (Lipinski definition) is 6. The summed E-state index contributed by atoms with van der Waals surface area (Å²) >= 11 is 0. The smallest absolute Gasteiger partial charge is 0.246 e. The van der Waals surface area contributed by atoms with Gasteiger partial charge in [0.05, 0.1) is 23.3 Å². The summed E-state index contributed by atoms with van der Waals surface area (Å²) in [6.45, 7) is 0. The second-order valence-corrected chi connectivity index (χ2v) is 10.1. The van der Waals surface area contributed by atoms with Gasteiger partial charge in [-0.3, -0.25) is 9.59 Å². The zero-order chi connectivity index (χ0) is 23.8. The SMILES string of the molecule is O=C(N/N=C/c1ccc(O)cc1)C12CC3CC(C1)CC(C(=O)N/N=C/c1ccc(O)cc1)(C3)C2. The van der Waals surface area contributed by atoms with Gasteiger partial charge in [-0.25, -0.2) is 10.9 Å². The van der Waals surface area contributed by atoms with E-state index in [0.717, 1.165) is 43.2 Å². The first-order valence-corrected chi connectivity index (χ1v) is 11.6. The highest BCUT2D eigenvalue weighted by Gasteiger charge is 2.63. The van der Waals surface area contributed by atoms with E-state index in [1.165, 1.54) is 0 Å². The van der Waals surface area contributed by atoms with E-state index in [1.54, 1.807) is 61.0 Å². The molecule has 0 aromatic heterocycles. The molecule has 2 amide bonds. The third-order valence-corrected chi connectivity index (χ3v) is 7.57. The maximum absolute atomic E-state index is 13.3. The molecule has 4 aliphatic carbocycles. The summed E-state index contributed by atoms with van der Waals surface area (Å²) in [6.07, 6.45) is 7.83. The number of hydrogen-bond donors (Lipinski definition) is 4. The fourth-order valence-electron chi connectivity index (χ4n) is 6.48. The van der Waals surface area contributed by atoms with Crippen molar-refractivity contribution in [1.82, 2.24) is 10.9 Å². The second kappa shape index (κ2) is 8.59. The third-order valence-electron chi connectivity index (χ3n) is 7.57. The fourth-order valence-corrected chi connectivity index (χ4v) is 6.48. The summed E-state index contributed by atoms with van der Waals surface area (Å²) in [5.74, 6) is 0.791. The van der Waals surface area contributed by atoms with Gasteiger partial charge in [0.2, 0.25) is 11.8 Å². The number of nitrogens with zero attached hydrogens (tertiary/aromatic N) is 2. The van der Waals surface area contributed by atoms with E-state index in [9.17, 15) is 19.8 Å². The minimum absolute atomic E-state index is 0.124. The molecule has 0 atom stereocenters. The van der Waals surface area contributed by atoms with Crippen molar-refractivity contribution >= 4 is 24.2 Å². The average molecular weight is 461 g/mol. The summed E-state index contributed by atoms with van der Waals surface area (Å²) in [5, 5.41) is 27.1. The summed E-state index contributed by atoms with van der Waals surface area (Å²) in [6, 6.07) is 13.1. The lowest BCUT2D eigenvalue weighted by Crippen LogP contribution is -2.60. The lowest BCUT2D eigenvalue weighted by molar-refractivity contribution is -0.167. The van der Waals surface area contributed by atoms with E-state index < -0.39 is 10.8 Å². The van der Waals surface area contributed by atoms with Crippen LogP contribution in [0, 0.1) is 22.7 Å². The van der Waals surface area contributed by atoms with Gasteiger partial charge in [0.1, 0.15) is 11.5 Å². The van der Waals surface area contributed by atoms with E-state index in [-0.39, 0.29) is 23.3 Å². The van der Waals surface area contributed by atoms with Crippen molar-refractivity contribution in [1.29, 1.82) is 0 Å². The van der Waals surface area contributed by atoms with E-state index in [1.807, 2.05) is 0 Å². The van der Waals surface area contributed by atoms with Crippen LogP contribution < -0.4 is 10.9 Å². The molecule has 4 aliphatic rings. The minimum atomic E-state index is -0.589. The number of benzene rings is 2. The molecule has 0 unspecified atom stereocenters. The Hall–Kier alpha value is -3.68. The fraction of sp³-hybridized carbons (Fsp3) is 0.385. The number of hydrazone groups is 2. The zero-order valence-corrected chi connectivity index (χ0v) is 18.8. The molecule has 4 N–H and O–H groups in total. The minimum Gasteiger partial charge on any atom is -0.508 e. The van der Waals surface area contributed by atoms with Crippen LogP contribution in [0.15, 0.2) is 58.7 Å². The maximum Gasteiger partial charge on any atom is 0.246 e. The first kappa shape index (κ1) is 22.1. The van der Waals surface area contributed by atoms with E-state index in [4.69, 9.17) is 0 Å². The van der Waals surface area contributed by atoms with Gasteiger partial charge in [-0.2, -0.15) is 10.2 Å². The van der Waals surface area contributed by atoms with Crippen LogP contribution >= 0.6 is 0 Å². The Labute approximate surface area is 197 Å². The normalized spacial score (nSPS) is 29.5. The predicted octanol–water partition coefficient (Wildman–Crippen LogP) is 3.28. The largest absolute Gasteiger partial charge is 0.508 e. The van der Waals surface area contributed by atoms with Gasteiger partial charge in [0, 0.05) is 0 Å². The zero-order valence-electron chi connectivity index (χ0n) is 18.8. The first-order chi connectivity index (χ1) is 16.4. The van der Waals surface area contributed by atoms with Crippen molar-refractivity contribution in [3.63, 3.8) is 0 Å². The van der Waals surface area contributed by atoms with Crippen molar-refractivity contribution in [3.05, 3.63) is 59.7 Å². The number of carbonyl (C=O) groups is 2. The second-order valence-electron chi connectivity index (χ2n) is 10.1.